The number of carbonyl (C=O) groups excluding carboxylic acids is 1. The van der Waals surface area contributed by atoms with Gasteiger partial charge in [0, 0.05) is 31.7 Å². The van der Waals surface area contributed by atoms with Gasteiger partial charge in [0.15, 0.2) is 0 Å². The number of methoxy groups -OCH3 is 2. The van der Waals surface area contributed by atoms with E-state index in [4.69, 9.17) is 19.2 Å². The van der Waals surface area contributed by atoms with Crippen LogP contribution >= 0.6 is 0 Å². The van der Waals surface area contributed by atoms with Crippen molar-refractivity contribution in [3.05, 3.63) is 59.4 Å². The highest BCUT2D eigenvalue weighted by atomic mass is 16.7. The Morgan fingerprint density at radius 3 is 2.62 bits per heavy atom. The topological polar surface area (TPSA) is 65.8 Å². The van der Waals surface area contributed by atoms with Crippen LogP contribution in [-0.2, 0) is 27.1 Å². The first-order chi connectivity index (χ1) is 18.1. The summed E-state index contributed by atoms with van der Waals surface area (Å²) >= 11 is 0. The normalized spacial score (nSPS) is 17.7. The summed E-state index contributed by atoms with van der Waals surface area (Å²) in [6, 6.07) is 15.2. The van der Waals surface area contributed by atoms with E-state index >= 15 is 0 Å². The standard InChI is InChI=1S/C30H41N3O4/c1-5-11-25-26(32(6-2)30(34)36-4)16-17-27-29(25)31-28(19-22-12-8-7-9-13-22)33(27)24-15-10-14-23(18-24)20-37-21-35-3/h7-9,12-13,16-17,23-24H,5-6,10-11,14-15,18-21H2,1-4H3/t23-,24-/m1/s1. The fraction of sp³-hybridized carbons (Fsp3) is 0.533. The average Bonchev–Trinajstić information content (AvgIpc) is 3.29. The van der Waals surface area contributed by atoms with Crippen LogP contribution in [0, 0.1) is 5.92 Å². The number of rotatable bonds is 11. The molecule has 0 radical (unpaired) electrons. The second kappa shape index (κ2) is 13.1. The number of benzene rings is 2. The zero-order valence-corrected chi connectivity index (χ0v) is 22.7. The first-order valence-corrected chi connectivity index (χ1v) is 13.6. The van der Waals surface area contributed by atoms with Gasteiger partial charge in [-0.05, 0) is 56.2 Å². The van der Waals surface area contributed by atoms with Crippen LogP contribution in [0.4, 0.5) is 10.5 Å². The summed E-state index contributed by atoms with van der Waals surface area (Å²) in [5.41, 5.74) is 5.43. The summed E-state index contributed by atoms with van der Waals surface area (Å²) in [5, 5.41) is 0. The molecule has 200 valence electrons. The highest BCUT2D eigenvalue weighted by Gasteiger charge is 2.29. The highest BCUT2D eigenvalue weighted by Crippen LogP contribution is 2.39. The minimum Gasteiger partial charge on any atom is -0.452 e. The van der Waals surface area contributed by atoms with E-state index in [0.29, 0.717) is 25.3 Å². The first kappa shape index (κ1) is 27.1. The van der Waals surface area contributed by atoms with Crippen molar-refractivity contribution in [1.82, 2.24) is 9.55 Å². The monoisotopic (exact) mass is 507 g/mol. The lowest BCUT2D eigenvalue weighted by Crippen LogP contribution is -2.31. The molecule has 0 unspecified atom stereocenters. The average molecular weight is 508 g/mol. The van der Waals surface area contributed by atoms with Crippen LogP contribution in [-0.4, -0.2) is 49.8 Å². The van der Waals surface area contributed by atoms with Crippen molar-refractivity contribution in [3.8, 4) is 0 Å². The lowest BCUT2D eigenvalue weighted by molar-refractivity contribution is -0.0490. The third-order valence-corrected chi connectivity index (χ3v) is 7.40. The summed E-state index contributed by atoms with van der Waals surface area (Å²) < 4.78 is 18.4. The van der Waals surface area contributed by atoms with E-state index in [2.05, 4.69) is 54.0 Å². The molecule has 3 aromatic rings. The SMILES string of the molecule is CCCc1c(N(CC)C(=O)OC)ccc2c1nc(Cc1ccccc1)n2[C@@H]1CCC[C@@H](COCOC)C1. The van der Waals surface area contributed by atoms with Crippen molar-refractivity contribution < 1.29 is 19.0 Å². The van der Waals surface area contributed by atoms with E-state index in [1.807, 2.05) is 6.92 Å². The number of hydrogen-bond acceptors (Lipinski definition) is 5. The number of hydrogen-bond donors (Lipinski definition) is 0. The molecule has 0 bridgehead atoms. The number of nitrogens with zero attached hydrogens (tertiary/aromatic N) is 3. The van der Waals surface area contributed by atoms with Gasteiger partial charge >= 0.3 is 6.09 Å². The van der Waals surface area contributed by atoms with Gasteiger partial charge in [0.25, 0.3) is 0 Å². The Labute approximate surface area is 220 Å². The van der Waals surface area contributed by atoms with Crippen LogP contribution in [0.15, 0.2) is 42.5 Å². The molecule has 2 atom stereocenters. The number of ether oxygens (including phenoxy) is 3. The van der Waals surface area contributed by atoms with Crippen LogP contribution in [0.2, 0.25) is 0 Å². The molecule has 0 saturated heterocycles. The minimum absolute atomic E-state index is 0.339. The number of fused-ring (bicyclic) bond motifs is 1. The number of aromatic nitrogens is 2. The van der Waals surface area contributed by atoms with Gasteiger partial charge in [0.05, 0.1) is 30.4 Å². The second-order valence-electron chi connectivity index (χ2n) is 9.92. The van der Waals surface area contributed by atoms with Crippen molar-refractivity contribution in [2.24, 2.45) is 5.92 Å². The van der Waals surface area contributed by atoms with Gasteiger partial charge in [-0.3, -0.25) is 4.90 Å². The summed E-state index contributed by atoms with van der Waals surface area (Å²) in [6.07, 6.45) is 6.78. The zero-order valence-electron chi connectivity index (χ0n) is 22.7. The van der Waals surface area contributed by atoms with Gasteiger partial charge in [0.1, 0.15) is 12.6 Å². The van der Waals surface area contributed by atoms with Crippen molar-refractivity contribution in [3.63, 3.8) is 0 Å². The largest absolute Gasteiger partial charge is 0.452 e. The molecular formula is C30H41N3O4. The molecule has 1 amide bonds. The van der Waals surface area contributed by atoms with E-state index in [-0.39, 0.29) is 6.09 Å². The van der Waals surface area contributed by atoms with Crippen molar-refractivity contribution >= 4 is 22.8 Å². The van der Waals surface area contributed by atoms with Gasteiger partial charge in [-0.2, -0.15) is 0 Å². The molecule has 1 fully saturated rings. The molecule has 0 spiro atoms. The quantitative estimate of drug-likeness (QED) is 0.218. The molecule has 0 aliphatic heterocycles. The van der Waals surface area contributed by atoms with E-state index in [9.17, 15) is 4.79 Å². The predicted octanol–water partition coefficient (Wildman–Crippen LogP) is 6.52. The highest BCUT2D eigenvalue weighted by molar-refractivity contribution is 5.94. The van der Waals surface area contributed by atoms with Gasteiger partial charge in [-0.1, -0.05) is 50.1 Å². The maximum Gasteiger partial charge on any atom is 0.413 e. The summed E-state index contributed by atoms with van der Waals surface area (Å²) in [5.74, 6) is 1.58. The summed E-state index contributed by atoms with van der Waals surface area (Å²) in [4.78, 5) is 19.6. The van der Waals surface area contributed by atoms with E-state index in [1.165, 1.54) is 25.5 Å². The predicted molar refractivity (Wildman–Crippen MR) is 147 cm³/mol. The fourth-order valence-electron chi connectivity index (χ4n) is 5.77. The molecule has 7 heteroatoms. The Bertz CT molecular complexity index is 1160. The molecule has 2 aromatic carbocycles. The Hall–Kier alpha value is -2.90. The Balaban J connectivity index is 1.81. The van der Waals surface area contributed by atoms with Crippen molar-refractivity contribution in [1.29, 1.82) is 0 Å². The maximum atomic E-state index is 12.6. The maximum absolute atomic E-state index is 12.6. The molecule has 0 N–H and O–H groups in total. The third kappa shape index (κ3) is 6.16. The molecule has 1 heterocycles. The molecule has 37 heavy (non-hydrogen) atoms. The smallest absolute Gasteiger partial charge is 0.413 e. The van der Waals surface area contributed by atoms with Gasteiger partial charge in [-0.25, -0.2) is 9.78 Å². The molecular weight excluding hydrogens is 466 g/mol. The number of carbonyl (C=O) groups is 1. The van der Waals surface area contributed by atoms with Crippen LogP contribution in [0.1, 0.15) is 68.9 Å². The van der Waals surface area contributed by atoms with E-state index in [0.717, 1.165) is 66.8 Å². The molecule has 1 saturated carbocycles. The number of anilines is 1. The third-order valence-electron chi connectivity index (χ3n) is 7.40. The minimum atomic E-state index is -0.339. The lowest BCUT2D eigenvalue weighted by atomic mass is 9.85. The number of amides is 1. The lowest BCUT2D eigenvalue weighted by Gasteiger charge is -2.31. The van der Waals surface area contributed by atoms with Gasteiger partial charge in [-0.15, -0.1) is 0 Å². The molecule has 7 nitrogen and oxygen atoms in total. The van der Waals surface area contributed by atoms with Crippen LogP contribution in [0.5, 0.6) is 0 Å². The van der Waals surface area contributed by atoms with Crippen molar-refractivity contribution in [2.45, 2.75) is 64.8 Å². The molecule has 4 rings (SSSR count). The summed E-state index contributed by atoms with van der Waals surface area (Å²) in [6.45, 7) is 5.75. The Morgan fingerprint density at radius 1 is 1.11 bits per heavy atom. The summed E-state index contributed by atoms with van der Waals surface area (Å²) in [7, 11) is 3.10. The molecule has 1 aromatic heterocycles. The van der Waals surface area contributed by atoms with Crippen LogP contribution in [0.25, 0.3) is 11.0 Å². The number of aryl methyl sites for hydroxylation is 1. The molecule has 1 aliphatic rings. The van der Waals surface area contributed by atoms with Crippen LogP contribution in [0.3, 0.4) is 0 Å². The Morgan fingerprint density at radius 2 is 1.92 bits per heavy atom. The zero-order chi connectivity index (χ0) is 26.2. The van der Waals surface area contributed by atoms with Gasteiger partial charge < -0.3 is 18.8 Å². The number of imidazole rings is 1. The first-order valence-electron chi connectivity index (χ1n) is 13.6. The molecule has 1 aliphatic carbocycles. The van der Waals surface area contributed by atoms with E-state index < -0.39 is 0 Å². The fourth-order valence-corrected chi connectivity index (χ4v) is 5.77. The van der Waals surface area contributed by atoms with Crippen molar-refractivity contribution in [2.75, 3.05) is 39.1 Å². The van der Waals surface area contributed by atoms with Crippen LogP contribution < -0.4 is 4.90 Å². The second-order valence-corrected chi connectivity index (χ2v) is 9.92. The Kier molecular flexibility index (Phi) is 9.58. The van der Waals surface area contributed by atoms with E-state index in [1.54, 1.807) is 12.0 Å². The van der Waals surface area contributed by atoms with Gasteiger partial charge in [0.2, 0.25) is 0 Å².